The van der Waals surface area contributed by atoms with Gasteiger partial charge in [0.2, 0.25) is 11.8 Å². The van der Waals surface area contributed by atoms with E-state index in [1.54, 1.807) is 0 Å². The first kappa shape index (κ1) is 13.3. The number of carbonyl (C=O) groups excluding carboxylic acids is 2. The number of aliphatic hydroxyl groups is 1. The van der Waals surface area contributed by atoms with Crippen molar-refractivity contribution in [3.8, 4) is 0 Å². The second kappa shape index (κ2) is 5.67. The average Bonchev–Trinajstić information content (AvgIpc) is 2.40. The summed E-state index contributed by atoms with van der Waals surface area (Å²) in [7, 11) is 0. The van der Waals surface area contributed by atoms with Gasteiger partial charge in [0.25, 0.3) is 0 Å². The van der Waals surface area contributed by atoms with Crippen LogP contribution in [0.3, 0.4) is 0 Å². The third-order valence-electron chi connectivity index (χ3n) is 3.83. The molecule has 1 saturated heterocycles. The van der Waals surface area contributed by atoms with Crippen LogP contribution in [0.2, 0.25) is 0 Å². The lowest BCUT2D eigenvalue weighted by atomic mass is 9.82. The molecular formula is C12H21N3O3. The SMILES string of the molecule is O=C1CNC(C(=O)NC2(CO)CCCCC2)CN1. The zero-order valence-corrected chi connectivity index (χ0v) is 10.5. The van der Waals surface area contributed by atoms with Crippen LogP contribution in [-0.2, 0) is 9.59 Å². The summed E-state index contributed by atoms with van der Waals surface area (Å²) in [6, 6.07) is -0.395. The van der Waals surface area contributed by atoms with Gasteiger partial charge >= 0.3 is 0 Å². The number of hydrogen-bond acceptors (Lipinski definition) is 4. The van der Waals surface area contributed by atoms with E-state index in [9.17, 15) is 14.7 Å². The molecule has 2 amide bonds. The Hall–Kier alpha value is -1.14. The highest BCUT2D eigenvalue weighted by atomic mass is 16.3. The maximum Gasteiger partial charge on any atom is 0.239 e. The van der Waals surface area contributed by atoms with Gasteiger partial charge in [0.1, 0.15) is 6.04 Å². The maximum atomic E-state index is 12.1. The summed E-state index contributed by atoms with van der Waals surface area (Å²) < 4.78 is 0. The van der Waals surface area contributed by atoms with E-state index < -0.39 is 11.6 Å². The Morgan fingerprint density at radius 2 is 2.11 bits per heavy atom. The van der Waals surface area contributed by atoms with E-state index in [1.807, 2.05) is 0 Å². The molecule has 18 heavy (non-hydrogen) atoms. The molecule has 0 spiro atoms. The van der Waals surface area contributed by atoms with Crippen molar-refractivity contribution in [2.75, 3.05) is 19.7 Å². The van der Waals surface area contributed by atoms with Crippen LogP contribution in [-0.4, -0.2) is 48.2 Å². The summed E-state index contributed by atoms with van der Waals surface area (Å²) >= 11 is 0. The molecule has 2 rings (SSSR count). The molecule has 102 valence electrons. The number of carbonyl (C=O) groups is 2. The molecule has 0 radical (unpaired) electrons. The summed E-state index contributed by atoms with van der Waals surface area (Å²) in [5.74, 6) is -0.223. The third-order valence-corrected chi connectivity index (χ3v) is 3.83. The largest absolute Gasteiger partial charge is 0.394 e. The molecule has 0 aromatic heterocycles. The molecule has 1 aliphatic carbocycles. The van der Waals surface area contributed by atoms with Gasteiger partial charge in [-0.1, -0.05) is 19.3 Å². The van der Waals surface area contributed by atoms with Crippen molar-refractivity contribution in [3.05, 3.63) is 0 Å². The van der Waals surface area contributed by atoms with E-state index in [4.69, 9.17) is 0 Å². The predicted octanol–water partition coefficient (Wildman–Crippen LogP) is -1.11. The molecule has 2 aliphatic rings. The van der Waals surface area contributed by atoms with Gasteiger partial charge in [-0.25, -0.2) is 0 Å². The summed E-state index contributed by atoms with van der Waals surface area (Å²) in [6.45, 7) is 0.466. The van der Waals surface area contributed by atoms with Gasteiger partial charge in [0.05, 0.1) is 18.7 Å². The van der Waals surface area contributed by atoms with E-state index in [2.05, 4.69) is 16.0 Å². The number of piperazine rings is 1. The highest BCUT2D eigenvalue weighted by Crippen LogP contribution is 2.27. The lowest BCUT2D eigenvalue weighted by Gasteiger charge is -2.38. The van der Waals surface area contributed by atoms with E-state index in [-0.39, 0.29) is 25.0 Å². The van der Waals surface area contributed by atoms with E-state index >= 15 is 0 Å². The second-order valence-electron chi connectivity index (χ2n) is 5.23. The first-order valence-corrected chi connectivity index (χ1v) is 6.58. The Bertz CT molecular complexity index is 317. The minimum absolute atomic E-state index is 0.0161. The van der Waals surface area contributed by atoms with Gasteiger partial charge in [-0.2, -0.15) is 0 Å². The third kappa shape index (κ3) is 3.00. The van der Waals surface area contributed by atoms with Crippen molar-refractivity contribution in [2.24, 2.45) is 0 Å². The smallest absolute Gasteiger partial charge is 0.239 e. The van der Waals surface area contributed by atoms with E-state index in [0.717, 1.165) is 32.1 Å². The molecule has 1 aliphatic heterocycles. The molecule has 6 heteroatoms. The summed E-state index contributed by atoms with van der Waals surface area (Å²) in [6.07, 6.45) is 4.89. The lowest BCUT2D eigenvalue weighted by Crippen LogP contribution is -2.62. The molecule has 1 heterocycles. The Labute approximate surface area is 107 Å². The topological polar surface area (TPSA) is 90.5 Å². The Balaban J connectivity index is 1.90. The second-order valence-corrected chi connectivity index (χ2v) is 5.23. The molecule has 2 fully saturated rings. The van der Waals surface area contributed by atoms with Gasteiger partial charge in [0, 0.05) is 6.54 Å². The van der Waals surface area contributed by atoms with Crippen LogP contribution in [0.4, 0.5) is 0 Å². The molecule has 0 aromatic rings. The number of amides is 2. The van der Waals surface area contributed by atoms with Crippen molar-refractivity contribution in [1.29, 1.82) is 0 Å². The zero-order valence-electron chi connectivity index (χ0n) is 10.5. The molecule has 0 aromatic carbocycles. The molecule has 0 bridgehead atoms. The number of aliphatic hydroxyl groups excluding tert-OH is 1. The van der Waals surface area contributed by atoms with E-state index in [0.29, 0.717) is 6.54 Å². The minimum Gasteiger partial charge on any atom is -0.394 e. The Morgan fingerprint density at radius 3 is 2.67 bits per heavy atom. The fourth-order valence-corrected chi connectivity index (χ4v) is 2.65. The van der Waals surface area contributed by atoms with Gasteiger partial charge in [-0.15, -0.1) is 0 Å². The normalized spacial score (nSPS) is 27.4. The number of rotatable bonds is 3. The molecular weight excluding hydrogens is 234 g/mol. The van der Waals surface area contributed by atoms with Crippen LogP contribution < -0.4 is 16.0 Å². The quantitative estimate of drug-likeness (QED) is 0.514. The van der Waals surface area contributed by atoms with Crippen LogP contribution >= 0.6 is 0 Å². The fourth-order valence-electron chi connectivity index (χ4n) is 2.65. The van der Waals surface area contributed by atoms with Crippen LogP contribution in [0.15, 0.2) is 0 Å². The van der Waals surface area contributed by atoms with Crippen LogP contribution in [0.5, 0.6) is 0 Å². The zero-order chi connectivity index (χ0) is 13.0. The van der Waals surface area contributed by atoms with Crippen molar-refractivity contribution >= 4 is 11.8 Å². The summed E-state index contributed by atoms with van der Waals surface area (Å²) in [5.41, 5.74) is -0.460. The fraction of sp³-hybridized carbons (Fsp3) is 0.833. The highest BCUT2D eigenvalue weighted by molar-refractivity contribution is 5.87. The molecule has 1 atom stereocenters. The van der Waals surface area contributed by atoms with Crippen molar-refractivity contribution in [2.45, 2.75) is 43.7 Å². The van der Waals surface area contributed by atoms with Gasteiger partial charge in [-0.3, -0.25) is 14.9 Å². The maximum absolute atomic E-state index is 12.1. The van der Waals surface area contributed by atoms with E-state index in [1.165, 1.54) is 0 Å². The summed E-state index contributed by atoms with van der Waals surface area (Å²) in [5, 5.41) is 18.0. The summed E-state index contributed by atoms with van der Waals surface area (Å²) in [4.78, 5) is 23.1. The monoisotopic (exact) mass is 255 g/mol. The van der Waals surface area contributed by atoms with Crippen molar-refractivity contribution in [1.82, 2.24) is 16.0 Å². The van der Waals surface area contributed by atoms with Gasteiger partial charge in [0.15, 0.2) is 0 Å². The van der Waals surface area contributed by atoms with Crippen LogP contribution in [0.25, 0.3) is 0 Å². The molecule has 1 unspecified atom stereocenters. The average molecular weight is 255 g/mol. The van der Waals surface area contributed by atoms with Crippen molar-refractivity contribution < 1.29 is 14.7 Å². The number of nitrogens with one attached hydrogen (secondary N) is 3. The van der Waals surface area contributed by atoms with Crippen LogP contribution in [0, 0.1) is 0 Å². The number of hydrogen-bond donors (Lipinski definition) is 4. The predicted molar refractivity (Wildman–Crippen MR) is 65.8 cm³/mol. The molecule has 4 N–H and O–H groups in total. The first-order valence-electron chi connectivity index (χ1n) is 6.58. The Kier molecular flexibility index (Phi) is 4.19. The lowest BCUT2D eigenvalue weighted by molar-refractivity contribution is -0.128. The Morgan fingerprint density at radius 1 is 1.39 bits per heavy atom. The molecule has 6 nitrogen and oxygen atoms in total. The minimum atomic E-state index is -0.460. The van der Waals surface area contributed by atoms with Gasteiger partial charge < -0.3 is 15.7 Å². The highest BCUT2D eigenvalue weighted by Gasteiger charge is 2.35. The van der Waals surface area contributed by atoms with Crippen LogP contribution in [0.1, 0.15) is 32.1 Å². The first-order chi connectivity index (χ1) is 8.65. The standard InChI is InChI=1S/C12H21N3O3/c16-8-12(4-2-1-3-5-12)15-11(18)9-6-14-10(17)7-13-9/h9,13,16H,1-8H2,(H,14,17)(H,15,18). The molecule has 1 saturated carbocycles. The van der Waals surface area contributed by atoms with Crippen molar-refractivity contribution in [3.63, 3.8) is 0 Å². The van der Waals surface area contributed by atoms with Gasteiger partial charge in [-0.05, 0) is 12.8 Å².